The summed E-state index contributed by atoms with van der Waals surface area (Å²) in [4.78, 5) is 21.8. The summed E-state index contributed by atoms with van der Waals surface area (Å²) >= 11 is 6.12. The number of halogens is 2. The fraction of sp³-hybridized carbons (Fsp3) is 0.500. The summed E-state index contributed by atoms with van der Waals surface area (Å²) in [5, 5.41) is 8.67. The number of aliphatic imine (C=N–C) groups is 1. The number of rotatable bonds is 6. The molecule has 0 spiro atoms. The molecule has 0 aliphatic carbocycles. The topological polar surface area (TPSA) is 72.5 Å². The van der Waals surface area contributed by atoms with Crippen molar-refractivity contribution in [2.24, 2.45) is 4.99 Å². The molecule has 3 N–H and O–H groups in total. The molecule has 8 heteroatoms. The maximum Gasteiger partial charge on any atom is 0.222 e. The van der Waals surface area contributed by atoms with Gasteiger partial charge in [-0.3, -0.25) is 9.79 Å². The van der Waals surface area contributed by atoms with Crippen molar-refractivity contribution in [2.45, 2.75) is 39.2 Å². The van der Waals surface area contributed by atoms with Crippen LogP contribution in [0.4, 0.5) is 0 Å². The molecule has 1 aromatic carbocycles. The number of carbonyl (C=O) groups is 1. The van der Waals surface area contributed by atoms with Crippen LogP contribution in [-0.2, 0) is 11.2 Å². The molecular formula is C20H29ClIN5O. The quantitative estimate of drug-likeness (QED) is 0.312. The zero-order chi connectivity index (χ0) is 19.2. The van der Waals surface area contributed by atoms with Gasteiger partial charge >= 0.3 is 0 Å². The second-order valence-electron chi connectivity index (χ2n) is 6.84. The number of fused-ring (bicyclic) bond motifs is 1. The molecule has 1 saturated heterocycles. The van der Waals surface area contributed by atoms with E-state index in [-0.39, 0.29) is 35.9 Å². The standard InChI is InChI=1S/C20H28ClN5O.HI/c1-3-19(27)26-10-8-16(13-26)25-20(22-4-2)23-9-7-14-12-24-18-6-5-15(21)11-17(14)18;/h5-6,11-12,16,24H,3-4,7-10,13H2,1-2H3,(H2,22,23,25);1H. The van der Waals surface area contributed by atoms with Crippen LogP contribution in [0.2, 0.25) is 5.02 Å². The van der Waals surface area contributed by atoms with Gasteiger partial charge in [0.1, 0.15) is 0 Å². The van der Waals surface area contributed by atoms with Gasteiger partial charge in [0, 0.05) is 60.8 Å². The van der Waals surface area contributed by atoms with Crippen LogP contribution in [0.5, 0.6) is 0 Å². The van der Waals surface area contributed by atoms with Crippen molar-refractivity contribution in [1.82, 2.24) is 20.5 Å². The van der Waals surface area contributed by atoms with E-state index < -0.39 is 0 Å². The van der Waals surface area contributed by atoms with Crippen LogP contribution >= 0.6 is 35.6 Å². The summed E-state index contributed by atoms with van der Waals surface area (Å²) in [5.41, 5.74) is 2.31. The normalized spacial score (nSPS) is 16.9. The van der Waals surface area contributed by atoms with Crippen LogP contribution < -0.4 is 10.6 Å². The summed E-state index contributed by atoms with van der Waals surface area (Å²) < 4.78 is 0. The Bertz CT molecular complexity index is 822. The van der Waals surface area contributed by atoms with Crippen LogP contribution in [0, 0.1) is 0 Å². The van der Waals surface area contributed by atoms with Crippen LogP contribution in [-0.4, -0.2) is 54.0 Å². The highest BCUT2D eigenvalue weighted by Crippen LogP contribution is 2.22. The van der Waals surface area contributed by atoms with E-state index in [9.17, 15) is 4.79 Å². The van der Waals surface area contributed by atoms with Gasteiger partial charge in [0.05, 0.1) is 0 Å². The van der Waals surface area contributed by atoms with E-state index in [1.54, 1.807) is 0 Å². The van der Waals surface area contributed by atoms with Gasteiger partial charge in [-0.05, 0) is 43.5 Å². The number of likely N-dealkylation sites (tertiary alicyclic amines) is 1. The van der Waals surface area contributed by atoms with Gasteiger partial charge in [-0.15, -0.1) is 24.0 Å². The Balaban J connectivity index is 0.00000280. The molecule has 2 heterocycles. The third-order valence-corrected chi connectivity index (χ3v) is 5.14. The highest BCUT2D eigenvalue weighted by atomic mass is 127. The Morgan fingerprint density at radius 2 is 2.21 bits per heavy atom. The number of hydrogen-bond donors (Lipinski definition) is 3. The molecule has 1 amide bonds. The minimum absolute atomic E-state index is 0. The fourth-order valence-electron chi connectivity index (χ4n) is 3.49. The molecule has 1 aromatic heterocycles. The number of carbonyl (C=O) groups excluding carboxylic acids is 1. The minimum atomic E-state index is 0. The number of hydrogen-bond acceptors (Lipinski definition) is 2. The molecule has 1 aliphatic heterocycles. The second-order valence-corrected chi connectivity index (χ2v) is 7.27. The number of guanidine groups is 1. The smallest absolute Gasteiger partial charge is 0.222 e. The molecule has 1 aliphatic rings. The van der Waals surface area contributed by atoms with Crippen LogP contribution in [0.25, 0.3) is 10.9 Å². The second kappa shape index (κ2) is 10.9. The van der Waals surface area contributed by atoms with Gasteiger partial charge < -0.3 is 20.5 Å². The number of benzene rings is 1. The summed E-state index contributed by atoms with van der Waals surface area (Å²) in [6.45, 7) is 7.02. The average Bonchev–Trinajstić information content (AvgIpc) is 3.28. The summed E-state index contributed by atoms with van der Waals surface area (Å²) in [5.74, 6) is 1.03. The van der Waals surface area contributed by atoms with E-state index in [4.69, 9.17) is 16.6 Å². The molecule has 2 aromatic rings. The molecule has 0 bridgehead atoms. The molecule has 154 valence electrons. The Labute approximate surface area is 188 Å². The summed E-state index contributed by atoms with van der Waals surface area (Å²) in [6, 6.07) is 6.14. The lowest BCUT2D eigenvalue weighted by Gasteiger charge is -2.18. The first-order chi connectivity index (χ1) is 13.1. The maximum atomic E-state index is 11.8. The Hall–Kier alpha value is -1.48. The van der Waals surface area contributed by atoms with Gasteiger partial charge in [-0.1, -0.05) is 18.5 Å². The zero-order valence-corrected chi connectivity index (χ0v) is 19.5. The lowest BCUT2D eigenvalue weighted by molar-refractivity contribution is -0.129. The predicted octanol–water partition coefficient (Wildman–Crippen LogP) is 3.55. The van der Waals surface area contributed by atoms with E-state index in [1.807, 2.05) is 36.2 Å². The van der Waals surface area contributed by atoms with Crippen molar-refractivity contribution in [2.75, 3.05) is 26.2 Å². The first-order valence-corrected chi connectivity index (χ1v) is 10.1. The van der Waals surface area contributed by atoms with Crippen molar-refractivity contribution in [3.63, 3.8) is 0 Å². The summed E-state index contributed by atoms with van der Waals surface area (Å²) in [6.07, 6.45) is 4.39. The molecule has 6 nitrogen and oxygen atoms in total. The lowest BCUT2D eigenvalue weighted by atomic mass is 10.1. The van der Waals surface area contributed by atoms with Gasteiger partial charge in [0.25, 0.3) is 0 Å². The number of aromatic amines is 1. The highest BCUT2D eigenvalue weighted by molar-refractivity contribution is 14.0. The van der Waals surface area contributed by atoms with Crippen molar-refractivity contribution in [3.05, 3.63) is 35.0 Å². The van der Waals surface area contributed by atoms with E-state index in [1.165, 1.54) is 5.56 Å². The van der Waals surface area contributed by atoms with Crippen molar-refractivity contribution in [3.8, 4) is 0 Å². The predicted molar refractivity (Wildman–Crippen MR) is 127 cm³/mol. The Morgan fingerprint density at radius 3 is 2.96 bits per heavy atom. The highest BCUT2D eigenvalue weighted by Gasteiger charge is 2.25. The summed E-state index contributed by atoms with van der Waals surface area (Å²) in [7, 11) is 0. The molecule has 0 saturated carbocycles. The number of nitrogens with one attached hydrogen (secondary N) is 3. The lowest BCUT2D eigenvalue weighted by Crippen LogP contribution is -2.45. The first kappa shape index (κ1) is 22.8. The Morgan fingerprint density at radius 1 is 1.39 bits per heavy atom. The SMILES string of the molecule is CCNC(=NCCc1c[nH]c2ccc(Cl)cc12)NC1CCN(C(=O)CC)C1.I. The molecular weight excluding hydrogens is 489 g/mol. The third kappa shape index (κ3) is 5.76. The average molecular weight is 518 g/mol. The van der Waals surface area contributed by atoms with E-state index in [0.717, 1.165) is 54.4 Å². The van der Waals surface area contributed by atoms with Crippen LogP contribution in [0.15, 0.2) is 29.4 Å². The largest absolute Gasteiger partial charge is 0.361 e. The molecule has 1 unspecified atom stereocenters. The van der Waals surface area contributed by atoms with Crippen LogP contribution in [0.1, 0.15) is 32.3 Å². The molecule has 3 rings (SSSR count). The molecule has 28 heavy (non-hydrogen) atoms. The van der Waals surface area contributed by atoms with Gasteiger partial charge in [0.2, 0.25) is 5.91 Å². The molecule has 1 fully saturated rings. The number of amides is 1. The number of H-pyrrole nitrogens is 1. The van der Waals surface area contributed by atoms with Gasteiger partial charge in [0.15, 0.2) is 5.96 Å². The van der Waals surface area contributed by atoms with Crippen molar-refractivity contribution < 1.29 is 4.79 Å². The molecule has 1 atom stereocenters. The van der Waals surface area contributed by atoms with E-state index >= 15 is 0 Å². The Kier molecular flexibility index (Phi) is 8.88. The molecule has 0 radical (unpaired) electrons. The van der Waals surface area contributed by atoms with E-state index in [2.05, 4.69) is 22.5 Å². The maximum absolute atomic E-state index is 11.8. The first-order valence-electron chi connectivity index (χ1n) is 9.68. The third-order valence-electron chi connectivity index (χ3n) is 4.91. The van der Waals surface area contributed by atoms with Gasteiger partial charge in [-0.25, -0.2) is 0 Å². The van der Waals surface area contributed by atoms with Crippen molar-refractivity contribution in [1.29, 1.82) is 0 Å². The van der Waals surface area contributed by atoms with Gasteiger partial charge in [-0.2, -0.15) is 0 Å². The fourth-order valence-corrected chi connectivity index (χ4v) is 3.66. The number of aromatic nitrogens is 1. The van der Waals surface area contributed by atoms with Crippen molar-refractivity contribution >= 4 is 58.3 Å². The van der Waals surface area contributed by atoms with E-state index in [0.29, 0.717) is 13.0 Å². The minimum Gasteiger partial charge on any atom is -0.361 e. The number of nitrogens with zero attached hydrogens (tertiary/aromatic N) is 2. The zero-order valence-electron chi connectivity index (χ0n) is 16.4. The monoisotopic (exact) mass is 517 g/mol. The van der Waals surface area contributed by atoms with Crippen LogP contribution in [0.3, 0.4) is 0 Å².